The summed E-state index contributed by atoms with van der Waals surface area (Å²) in [7, 11) is 0. The van der Waals surface area contributed by atoms with Crippen LogP contribution in [0.2, 0.25) is 0 Å². The molecule has 3 nitrogen and oxygen atoms in total. The predicted molar refractivity (Wildman–Crippen MR) is 61.6 cm³/mol. The molecule has 1 aliphatic rings. The number of nitrogens with zero attached hydrogens (tertiary/aromatic N) is 2. The first-order valence-electron chi connectivity index (χ1n) is 5.93. The molecule has 0 bridgehead atoms. The largest absolute Gasteiger partial charge is 0.310 e. The third-order valence-electron chi connectivity index (χ3n) is 3.09. The Labute approximate surface area is 91.9 Å². The summed E-state index contributed by atoms with van der Waals surface area (Å²) in [4.78, 5) is 0. The van der Waals surface area contributed by atoms with Gasteiger partial charge in [-0.3, -0.25) is 4.68 Å². The van der Waals surface area contributed by atoms with Crippen molar-refractivity contribution >= 4 is 0 Å². The molecule has 0 radical (unpaired) electrons. The Hall–Kier alpha value is -0.830. The lowest BCUT2D eigenvalue weighted by Gasteiger charge is -2.10. The van der Waals surface area contributed by atoms with Gasteiger partial charge in [0.05, 0.1) is 12.2 Å². The minimum Gasteiger partial charge on any atom is -0.310 e. The second-order valence-electron chi connectivity index (χ2n) is 4.94. The van der Waals surface area contributed by atoms with E-state index in [1.54, 1.807) is 0 Å². The van der Waals surface area contributed by atoms with Crippen LogP contribution in [0.5, 0.6) is 0 Å². The zero-order chi connectivity index (χ0) is 10.8. The third kappa shape index (κ3) is 2.81. The second-order valence-corrected chi connectivity index (χ2v) is 4.94. The van der Waals surface area contributed by atoms with E-state index >= 15 is 0 Å². The maximum absolute atomic E-state index is 4.43. The second kappa shape index (κ2) is 4.35. The van der Waals surface area contributed by atoms with Crippen LogP contribution in [0.3, 0.4) is 0 Å². The van der Waals surface area contributed by atoms with E-state index in [2.05, 4.69) is 42.1 Å². The van der Waals surface area contributed by atoms with Crippen molar-refractivity contribution in [2.75, 3.05) is 0 Å². The monoisotopic (exact) mass is 207 g/mol. The number of hydrogen-bond donors (Lipinski definition) is 1. The molecular formula is C12H21N3. The minimum atomic E-state index is 0.536. The summed E-state index contributed by atoms with van der Waals surface area (Å²) >= 11 is 0. The lowest BCUT2D eigenvalue weighted by atomic mass is 10.2. The Kier molecular flexibility index (Phi) is 3.10. The minimum absolute atomic E-state index is 0.536. The average molecular weight is 207 g/mol. The zero-order valence-corrected chi connectivity index (χ0v) is 9.90. The van der Waals surface area contributed by atoms with Crippen LogP contribution in [0.1, 0.15) is 45.2 Å². The van der Waals surface area contributed by atoms with Crippen LogP contribution in [0.25, 0.3) is 0 Å². The molecule has 0 amide bonds. The van der Waals surface area contributed by atoms with Crippen molar-refractivity contribution < 1.29 is 0 Å². The van der Waals surface area contributed by atoms with Crippen molar-refractivity contribution in [2.45, 2.75) is 52.2 Å². The van der Waals surface area contributed by atoms with Crippen LogP contribution in [0.15, 0.2) is 12.4 Å². The topological polar surface area (TPSA) is 29.9 Å². The lowest BCUT2D eigenvalue weighted by molar-refractivity contribution is 0.439. The van der Waals surface area contributed by atoms with Gasteiger partial charge in [0.1, 0.15) is 0 Å². The summed E-state index contributed by atoms with van der Waals surface area (Å²) in [5, 5.41) is 7.84. The van der Waals surface area contributed by atoms with E-state index in [-0.39, 0.29) is 0 Å². The fraction of sp³-hybridized carbons (Fsp3) is 0.750. The molecule has 1 aromatic heterocycles. The molecule has 0 aromatic carbocycles. The summed E-state index contributed by atoms with van der Waals surface area (Å²) in [6, 6.07) is 1.12. The van der Waals surface area contributed by atoms with Gasteiger partial charge in [0.2, 0.25) is 0 Å². The van der Waals surface area contributed by atoms with Gasteiger partial charge in [0.15, 0.2) is 0 Å². The first-order chi connectivity index (χ1) is 7.16. The summed E-state index contributed by atoms with van der Waals surface area (Å²) in [5.74, 6) is 0.871. The maximum Gasteiger partial charge on any atom is 0.0534 e. The van der Waals surface area contributed by atoms with Crippen LogP contribution in [0, 0.1) is 5.92 Å². The average Bonchev–Trinajstić information content (AvgIpc) is 2.93. The van der Waals surface area contributed by atoms with Crippen molar-refractivity contribution in [1.82, 2.24) is 15.1 Å². The molecule has 1 aliphatic carbocycles. The van der Waals surface area contributed by atoms with Gasteiger partial charge in [-0.2, -0.15) is 5.10 Å². The van der Waals surface area contributed by atoms with E-state index in [1.165, 1.54) is 18.4 Å². The fourth-order valence-corrected chi connectivity index (χ4v) is 1.81. The Morgan fingerprint density at radius 2 is 2.20 bits per heavy atom. The molecule has 1 heterocycles. The molecule has 1 fully saturated rings. The van der Waals surface area contributed by atoms with Gasteiger partial charge in [-0.1, -0.05) is 13.8 Å². The third-order valence-corrected chi connectivity index (χ3v) is 3.09. The van der Waals surface area contributed by atoms with Crippen molar-refractivity contribution in [3.8, 4) is 0 Å². The Morgan fingerprint density at radius 1 is 1.47 bits per heavy atom. The van der Waals surface area contributed by atoms with Gasteiger partial charge in [-0.05, 0) is 25.7 Å². The molecule has 0 aliphatic heterocycles. The fourth-order valence-electron chi connectivity index (χ4n) is 1.81. The maximum atomic E-state index is 4.43. The molecule has 1 saturated carbocycles. The van der Waals surface area contributed by atoms with Crippen LogP contribution in [0.4, 0.5) is 0 Å². The van der Waals surface area contributed by atoms with Crippen LogP contribution >= 0.6 is 0 Å². The van der Waals surface area contributed by atoms with Crippen LogP contribution < -0.4 is 5.32 Å². The first-order valence-corrected chi connectivity index (χ1v) is 5.93. The molecule has 0 spiro atoms. The normalized spacial score (nSPS) is 18.4. The number of aromatic nitrogens is 2. The van der Waals surface area contributed by atoms with Crippen molar-refractivity contribution in [1.29, 1.82) is 0 Å². The quantitative estimate of drug-likeness (QED) is 0.803. The molecule has 1 atom stereocenters. The Balaban J connectivity index is 1.91. The Bertz CT molecular complexity index is 312. The van der Waals surface area contributed by atoms with E-state index in [0.29, 0.717) is 12.1 Å². The van der Waals surface area contributed by atoms with E-state index in [9.17, 15) is 0 Å². The summed E-state index contributed by atoms with van der Waals surface area (Å²) in [6.45, 7) is 7.52. The molecule has 1 N–H and O–H groups in total. The zero-order valence-electron chi connectivity index (χ0n) is 9.90. The first kappa shape index (κ1) is 10.7. The van der Waals surface area contributed by atoms with Crippen molar-refractivity contribution in [2.24, 2.45) is 5.92 Å². The highest BCUT2D eigenvalue weighted by molar-refractivity contribution is 5.04. The molecular weight excluding hydrogens is 186 g/mol. The summed E-state index contributed by atoms with van der Waals surface area (Å²) in [5.41, 5.74) is 1.29. The molecule has 0 saturated heterocycles. The molecule has 2 rings (SSSR count). The smallest absolute Gasteiger partial charge is 0.0534 e. The highest BCUT2D eigenvalue weighted by Gasteiger charge is 2.29. The van der Waals surface area contributed by atoms with Gasteiger partial charge >= 0.3 is 0 Å². The molecule has 3 heteroatoms. The summed E-state index contributed by atoms with van der Waals surface area (Å²) in [6.07, 6.45) is 6.91. The predicted octanol–water partition coefficient (Wildman–Crippen LogP) is 2.35. The Morgan fingerprint density at radius 3 is 2.80 bits per heavy atom. The summed E-state index contributed by atoms with van der Waals surface area (Å²) < 4.78 is 2.12. The number of hydrogen-bond acceptors (Lipinski definition) is 2. The van der Waals surface area contributed by atoms with Crippen LogP contribution in [-0.2, 0) is 6.54 Å². The number of nitrogens with one attached hydrogen (secondary N) is 1. The SMILES string of the molecule is CC(C)NCc1cnn(C(C)C2CC2)c1. The van der Waals surface area contributed by atoms with E-state index in [1.807, 2.05) is 6.20 Å². The van der Waals surface area contributed by atoms with Gasteiger partial charge in [0.25, 0.3) is 0 Å². The molecule has 1 unspecified atom stereocenters. The molecule has 1 aromatic rings. The standard InChI is InChI=1S/C12H21N3/c1-9(2)13-6-11-7-14-15(8-11)10(3)12-4-5-12/h7-10,12-13H,4-6H2,1-3H3. The van der Waals surface area contributed by atoms with Gasteiger partial charge in [-0.25, -0.2) is 0 Å². The molecule has 84 valence electrons. The van der Waals surface area contributed by atoms with Crippen molar-refractivity contribution in [3.05, 3.63) is 18.0 Å². The number of rotatable bonds is 5. The lowest BCUT2D eigenvalue weighted by Crippen LogP contribution is -2.21. The van der Waals surface area contributed by atoms with E-state index in [0.717, 1.165) is 12.5 Å². The highest BCUT2D eigenvalue weighted by atomic mass is 15.3. The molecule has 15 heavy (non-hydrogen) atoms. The highest BCUT2D eigenvalue weighted by Crippen LogP contribution is 2.38. The van der Waals surface area contributed by atoms with Gasteiger partial charge in [0, 0.05) is 24.3 Å². The van der Waals surface area contributed by atoms with E-state index in [4.69, 9.17) is 0 Å². The van der Waals surface area contributed by atoms with Crippen molar-refractivity contribution in [3.63, 3.8) is 0 Å². The van der Waals surface area contributed by atoms with Gasteiger partial charge < -0.3 is 5.32 Å². The van der Waals surface area contributed by atoms with Gasteiger partial charge in [-0.15, -0.1) is 0 Å². The van der Waals surface area contributed by atoms with E-state index < -0.39 is 0 Å². The van der Waals surface area contributed by atoms with Crippen LogP contribution in [-0.4, -0.2) is 15.8 Å².